The van der Waals surface area contributed by atoms with E-state index < -0.39 is 12.0 Å². The molecule has 4 N–H and O–H groups in total. The average molecular weight is 250 g/mol. The number of aromatic nitrogens is 1. The highest BCUT2D eigenvalue weighted by molar-refractivity contribution is 5.87. The molecule has 0 spiro atoms. The second-order valence-corrected chi connectivity index (χ2v) is 4.26. The molecule has 1 aromatic carbocycles. The monoisotopic (exact) mass is 250 g/mol. The molecule has 0 radical (unpaired) electrons. The Bertz CT molecular complexity index is 592. The topological polar surface area (TPSA) is 79.1 Å². The summed E-state index contributed by atoms with van der Waals surface area (Å²) in [6.45, 7) is 1.87. The van der Waals surface area contributed by atoms with Gasteiger partial charge in [0, 0.05) is 23.5 Å². The third-order valence-electron chi connectivity index (χ3n) is 3.09. The van der Waals surface area contributed by atoms with Gasteiger partial charge in [0.15, 0.2) is 0 Å². The molecule has 1 aromatic heterocycles. The predicted molar refractivity (Wildman–Crippen MR) is 66.9 cm³/mol. The second kappa shape index (κ2) is 4.78. The fourth-order valence-electron chi connectivity index (χ4n) is 2.18. The lowest BCUT2D eigenvalue weighted by Gasteiger charge is -2.08. The summed E-state index contributed by atoms with van der Waals surface area (Å²) in [5.74, 6) is -1.33. The minimum Gasteiger partial charge on any atom is -0.480 e. The number of halogens is 1. The molecule has 0 unspecified atom stereocenters. The average Bonchev–Trinajstić information content (AvgIpc) is 2.72. The van der Waals surface area contributed by atoms with Crippen LogP contribution in [0.3, 0.4) is 0 Å². The highest BCUT2D eigenvalue weighted by atomic mass is 19.1. The van der Waals surface area contributed by atoms with Gasteiger partial charge in [-0.05, 0) is 29.7 Å². The van der Waals surface area contributed by atoms with Crippen molar-refractivity contribution in [1.29, 1.82) is 0 Å². The van der Waals surface area contributed by atoms with Crippen LogP contribution in [0.1, 0.15) is 18.1 Å². The summed E-state index contributed by atoms with van der Waals surface area (Å²) in [7, 11) is 0. The molecule has 18 heavy (non-hydrogen) atoms. The summed E-state index contributed by atoms with van der Waals surface area (Å²) in [5.41, 5.74) is 7.67. The van der Waals surface area contributed by atoms with Gasteiger partial charge in [-0.2, -0.15) is 0 Å². The maximum Gasteiger partial charge on any atom is 0.320 e. The SMILES string of the molecule is CCc1c(F)ccc2[nH]cc(C[C@H](N)C(=O)O)c12. The number of aromatic amines is 1. The third kappa shape index (κ3) is 2.09. The van der Waals surface area contributed by atoms with Crippen LogP contribution < -0.4 is 5.73 Å². The van der Waals surface area contributed by atoms with E-state index in [2.05, 4.69) is 4.98 Å². The Kier molecular flexibility index (Phi) is 3.34. The van der Waals surface area contributed by atoms with Gasteiger partial charge in [-0.25, -0.2) is 4.39 Å². The van der Waals surface area contributed by atoms with E-state index in [9.17, 15) is 9.18 Å². The molecule has 2 aromatic rings. The van der Waals surface area contributed by atoms with Gasteiger partial charge >= 0.3 is 5.97 Å². The van der Waals surface area contributed by atoms with Gasteiger partial charge in [0.2, 0.25) is 0 Å². The van der Waals surface area contributed by atoms with E-state index in [1.807, 2.05) is 6.92 Å². The zero-order valence-electron chi connectivity index (χ0n) is 10.0. The normalized spacial score (nSPS) is 12.8. The Morgan fingerprint density at radius 2 is 2.28 bits per heavy atom. The quantitative estimate of drug-likeness (QED) is 0.774. The Balaban J connectivity index is 2.52. The van der Waals surface area contributed by atoms with E-state index in [0.717, 1.165) is 16.5 Å². The summed E-state index contributed by atoms with van der Waals surface area (Å²) < 4.78 is 13.7. The van der Waals surface area contributed by atoms with Gasteiger partial charge < -0.3 is 15.8 Å². The number of carboxylic acid groups (broad SMARTS) is 1. The van der Waals surface area contributed by atoms with Crippen molar-refractivity contribution in [3.63, 3.8) is 0 Å². The fourth-order valence-corrected chi connectivity index (χ4v) is 2.18. The summed E-state index contributed by atoms with van der Waals surface area (Å²) in [4.78, 5) is 13.8. The van der Waals surface area contributed by atoms with E-state index in [-0.39, 0.29) is 12.2 Å². The van der Waals surface area contributed by atoms with E-state index in [1.54, 1.807) is 12.3 Å². The molecule has 5 heteroatoms. The number of hydrogen-bond acceptors (Lipinski definition) is 2. The standard InChI is InChI=1S/C13H15FN2O2/c1-2-8-9(14)3-4-11-12(8)7(6-16-11)5-10(15)13(17)18/h3-4,6,10,16H,2,5,15H2,1H3,(H,17,18)/t10-/m0/s1. The van der Waals surface area contributed by atoms with Gasteiger partial charge in [0.25, 0.3) is 0 Å². The van der Waals surface area contributed by atoms with Crippen LogP contribution in [0.2, 0.25) is 0 Å². The zero-order chi connectivity index (χ0) is 13.3. The number of fused-ring (bicyclic) bond motifs is 1. The molecule has 1 atom stereocenters. The lowest BCUT2D eigenvalue weighted by atomic mass is 9.99. The van der Waals surface area contributed by atoms with E-state index in [0.29, 0.717) is 12.0 Å². The molecule has 0 saturated heterocycles. The first-order valence-electron chi connectivity index (χ1n) is 5.80. The first-order valence-corrected chi connectivity index (χ1v) is 5.80. The third-order valence-corrected chi connectivity index (χ3v) is 3.09. The molecule has 0 aliphatic rings. The van der Waals surface area contributed by atoms with Gasteiger partial charge in [0.1, 0.15) is 11.9 Å². The van der Waals surface area contributed by atoms with Gasteiger partial charge in [-0.15, -0.1) is 0 Å². The minimum absolute atomic E-state index is 0.186. The van der Waals surface area contributed by atoms with Gasteiger partial charge in [0.05, 0.1) is 0 Å². The molecule has 4 nitrogen and oxygen atoms in total. The second-order valence-electron chi connectivity index (χ2n) is 4.26. The molecule has 1 heterocycles. The number of carboxylic acids is 1. The molecule has 96 valence electrons. The lowest BCUT2D eigenvalue weighted by Crippen LogP contribution is -2.32. The van der Waals surface area contributed by atoms with Crippen molar-refractivity contribution in [3.05, 3.63) is 35.3 Å². The number of carbonyl (C=O) groups is 1. The van der Waals surface area contributed by atoms with Crippen LogP contribution in [0.4, 0.5) is 4.39 Å². The van der Waals surface area contributed by atoms with Gasteiger partial charge in [-0.3, -0.25) is 4.79 Å². The number of hydrogen-bond donors (Lipinski definition) is 3. The van der Waals surface area contributed by atoms with Crippen molar-refractivity contribution in [2.45, 2.75) is 25.8 Å². The summed E-state index contributed by atoms with van der Waals surface area (Å²) >= 11 is 0. The smallest absolute Gasteiger partial charge is 0.320 e. The first-order chi connectivity index (χ1) is 8.54. The number of nitrogens with two attached hydrogens (primary N) is 1. The molecule has 0 bridgehead atoms. The van der Waals surface area contributed by atoms with E-state index in [1.165, 1.54) is 6.07 Å². The number of nitrogens with one attached hydrogen (secondary N) is 1. The summed E-state index contributed by atoms with van der Waals surface area (Å²) in [6.07, 6.45) is 2.44. The zero-order valence-corrected chi connectivity index (χ0v) is 10.0. The van der Waals surface area contributed by atoms with Crippen LogP contribution in [-0.4, -0.2) is 22.1 Å². The van der Waals surface area contributed by atoms with Crippen LogP contribution in [0.25, 0.3) is 10.9 Å². The highest BCUT2D eigenvalue weighted by Gasteiger charge is 2.17. The first kappa shape index (κ1) is 12.6. The fraction of sp³-hybridized carbons (Fsp3) is 0.308. The molecular formula is C13H15FN2O2. The van der Waals surface area contributed by atoms with Crippen LogP contribution in [-0.2, 0) is 17.6 Å². The summed E-state index contributed by atoms with van der Waals surface area (Å²) in [6, 6.07) is 2.09. The van der Waals surface area contributed by atoms with Crippen LogP contribution in [0.15, 0.2) is 18.3 Å². The van der Waals surface area contributed by atoms with Crippen molar-refractivity contribution >= 4 is 16.9 Å². The Hall–Kier alpha value is -1.88. The van der Waals surface area contributed by atoms with Crippen molar-refractivity contribution in [3.8, 4) is 0 Å². The number of aryl methyl sites for hydroxylation is 1. The number of benzene rings is 1. The Morgan fingerprint density at radius 3 is 2.89 bits per heavy atom. The van der Waals surface area contributed by atoms with Crippen LogP contribution in [0, 0.1) is 5.82 Å². The highest BCUT2D eigenvalue weighted by Crippen LogP contribution is 2.26. The molecule has 2 rings (SSSR count). The molecule has 0 fully saturated rings. The number of aliphatic carboxylic acids is 1. The van der Waals surface area contributed by atoms with E-state index >= 15 is 0 Å². The maximum absolute atomic E-state index is 13.7. The minimum atomic E-state index is -1.06. The summed E-state index contributed by atoms with van der Waals surface area (Å²) in [5, 5.41) is 9.58. The van der Waals surface area contributed by atoms with Crippen LogP contribution in [0.5, 0.6) is 0 Å². The Labute approximate surface area is 104 Å². The molecular weight excluding hydrogens is 235 g/mol. The number of H-pyrrole nitrogens is 1. The molecule has 0 aliphatic heterocycles. The van der Waals surface area contributed by atoms with Crippen molar-refractivity contribution in [1.82, 2.24) is 4.98 Å². The van der Waals surface area contributed by atoms with E-state index in [4.69, 9.17) is 10.8 Å². The van der Waals surface area contributed by atoms with Crippen LogP contribution >= 0.6 is 0 Å². The predicted octanol–water partition coefficient (Wildman–Crippen LogP) is 1.82. The van der Waals surface area contributed by atoms with Gasteiger partial charge in [-0.1, -0.05) is 6.92 Å². The largest absolute Gasteiger partial charge is 0.480 e. The Morgan fingerprint density at radius 1 is 1.56 bits per heavy atom. The lowest BCUT2D eigenvalue weighted by molar-refractivity contribution is -0.138. The molecule has 0 amide bonds. The van der Waals surface area contributed by atoms with Crippen molar-refractivity contribution in [2.75, 3.05) is 0 Å². The molecule has 0 saturated carbocycles. The number of rotatable bonds is 4. The van der Waals surface area contributed by atoms with Crippen molar-refractivity contribution < 1.29 is 14.3 Å². The maximum atomic E-state index is 13.7. The van der Waals surface area contributed by atoms with Crippen molar-refractivity contribution in [2.24, 2.45) is 5.73 Å². The molecule has 0 aliphatic carbocycles.